The van der Waals surface area contributed by atoms with Gasteiger partial charge in [-0.3, -0.25) is 4.79 Å². The molecule has 0 bridgehead atoms. The van der Waals surface area contributed by atoms with Gasteiger partial charge in [-0.2, -0.15) is 13.2 Å². The summed E-state index contributed by atoms with van der Waals surface area (Å²) in [4.78, 5) is 23.4. The van der Waals surface area contributed by atoms with Crippen LogP contribution < -0.4 is 10.1 Å². The minimum atomic E-state index is -4.42. The maximum atomic E-state index is 13.9. The SMILES string of the molecule is O=C(O)c1ccc(CNC(=O)c2ccc(Oc3ccccc3F)c(CCC(F)(F)F)c2)cc1. The van der Waals surface area contributed by atoms with E-state index in [9.17, 15) is 27.2 Å². The maximum Gasteiger partial charge on any atom is 0.389 e. The molecule has 0 unspecified atom stereocenters. The van der Waals surface area contributed by atoms with Gasteiger partial charge in [0.2, 0.25) is 0 Å². The molecule has 9 heteroatoms. The second kappa shape index (κ2) is 10.2. The van der Waals surface area contributed by atoms with Crippen molar-refractivity contribution in [2.75, 3.05) is 0 Å². The number of halogens is 4. The highest BCUT2D eigenvalue weighted by Crippen LogP contribution is 2.31. The zero-order chi connectivity index (χ0) is 24.0. The molecular formula is C24H19F4NO4. The fourth-order valence-corrected chi connectivity index (χ4v) is 2.99. The molecular weight excluding hydrogens is 442 g/mol. The summed E-state index contributed by atoms with van der Waals surface area (Å²) in [7, 11) is 0. The third-order valence-electron chi connectivity index (χ3n) is 4.71. The average molecular weight is 461 g/mol. The average Bonchev–Trinajstić information content (AvgIpc) is 2.78. The van der Waals surface area contributed by atoms with Gasteiger partial charge in [-0.25, -0.2) is 9.18 Å². The van der Waals surface area contributed by atoms with E-state index in [-0.39, 0.29) is 34.7 Å². The van der Waals surface area contributed by atoms with E-state index in [1.807, 2.05) is 0 Å². The fraction of sp³-hybridized carbons (Fsp3) is 0.167. The number of carboxylic acid groups (broad SMARTS) is 1. The zero-order valence-corrected chi connectivity index (χ0v) is 17.2. The highest BCUT2D eigenvalue weighted by molar-refractivity contribution is 5.94. The third-order valence-corrected chi connectivity index (χ3v) is 4.71. The van der Waals surface area contributed by atoms with Gasteiger partial charge in [0.15, 0.2) is 11.6 Å². The summed E-state index contributed by atoms with van der Waals surface area (Å²) in [6, 6.07) is 15.4. The summed E-state index contributed by atoms with van der Waals surface area (Å²) in [6.07, 6.45) is -6.01. The molecule has 1 amide bonds. The van der Waals surface area contributed by atoms with Gasteiger partial charge in [0.05, 0.1) is 5.56 Å². The first-order chi connectivity index (χ1) is 15.6. The van der Waals surface area contributed by atoms with E-state index in [1.165, 1.54) is 48.5 Å². The van der Waals surface area contributed by atoms with Crippen LogP contribution in [-0.4, -0.2) is 23.2 Å². The smallest absolute Gasteiger partial charge is 0.389 e. The lowest BCUT2D eigenvalue weighted by atomic mass is 10.0. The standard InChI is InChI=1S/C24H19F4NO4/c25-19-3-1-2-4-21(19)33-20-10-9-18(13-17(20)11-12-24(26,27)28)22(30)29-14-15-5-7-16(8-6-15)23(31)32/h1-10,13H,11-12,14H2,(H,29,30)(H,31,32). The lowest BCUT2D eigenvalue weighted by Gasteiger charge is -2.14. The molecule has 172 valence electrons. The lowest BCUT2D eigenvalue weighted by molar-refractivity contribution is -0.134. The number of para-hydroxylation sites is 1. The molecule has 3 aromatic carbocycles. The molecule has 0 fully saturated rings. The number of hydrogen-bond acceptors (Lipinski definition) is 3. The molecule has 0 aliphatic heterocycles. The van der Waals surface area contributed by atoms with Crippen LogP contribution in [0.5, 0.6) is 11.5 Å². The molecule has 0 spiro atoms. The second-order valence-electron chi connectivity index (χ2n) is 7.15. The Morgan fingerprint density at radius 3 is 2.21 bits per heavy atom. The van der Waals surface area contributed by atoms with Gasteiger partial charge in [-0.1, -0.05) is 24.3 Å². The molecule has 0 aromatic heterocycles. The summed E-state index contributed by atoms with van der Waals surface area (Å²) in [5, 5.41) is 11.6. The number of ether oxygens (including phenoxy) is 1. The van der Waals surface area contributed by atoms with Crippen LogP contribution in [0.15, 0.2) is 66.7 Å². The number of alkyl halides is 3. The summed E-state index contributed by atoms with van der Waals surface area (Å²) in [5.74, 6) is -2.41. The van der Waals surface area contributed by atoms with E-state index in [2.05, 4.69) is 5.32 Å². The van der Waals surface area contributed by atoms with E-state index >= 15 is 0 Å². The van der Waals surface area contributed by atoms with Crippen LogP contribution in [0.2, 0.25) is 0 Å². The summed E-state index contributed by atoms with van der Waals surface area (Å²) < 4.78 is 57.8. The first kappa shape index (κ1) is 23.8. The van der Waals surface area contributed by atoms with Gasteiger partial charge in [0.25, 0.3) is 5.91 Å². The van der Waals surface area contributed by atoms with E-state index in [0.717, 1.165) is 6.07 Å². The number of benzene rings is 3. The van der Waals surface area contributed by atoms with Crippen LogP contribution >= 0.6 is 0 Å². The predicted octanol–water partition coefficient (Wildman–Crippen LogP) is 5.74. The van der Waals surface area contributed by atoms with Crippen LogP contribution in [0, 0.1) is 5.82 Å². The highest BCUT2D eigenvalue weighted by Gasteiger charge is 2.27. The van der Waals surface area contributed by atoms with Gasteiger partial charge >= 0.3 is 12.1 Å². The van der Waals surface area contributed by atoms with Crippen molar-refractivity contribution in [3.8, 4) is 11.5 Å². The largest absolute Gasteiger partial charge is 0.478 e. The normalized spacial score (nSPS) is 11.2. The number of carbonyl (C=O) groups excluding carboxylic acids is 1. The van der Waals surface area contributed by atoms with Crippen molar-refractivity contribution in [2.45, 2.75) is 25.6 Å². The van der Waals surface area contributed by atoms with Gasteiger partial charge in [0, 0.05) is 18.5 Å². The zero-order valence-electron chi connectivity index (χ0n) is 17.2. The Labute approximate surface area is 186 Å². The number of aryl methyl sites for hydroxylation is 1. The minimum absolute atomic E-state index is 0.0187. The van der Waals surface area contributed by atoms with Gasteiger partial charge in [-0.15, -0.1) is 0 Å². The van der Waals surface area contributed by atoms with E-state index < -0.39 is 36.7 Å². The van der Waals surface area contributed by atoms with Crippen LogP contribution in [-0.2, 0) is 13.0 Å². The second-order valence-corrected chi connectivity index (χ2v) is 7.15. The van der Waals surface area contributed by atoms with Gasteiger partial charge in [-0.05, 0) is 60.0 Å². The van der Waals surface area contributed by atoms with Crippen molar-refractivity contribution in [1.29, 1.82) is 0 Å². The van der Waals surface area contributed by atoms with Crippen molar-refractivity contribution in [3.05, 3.63) is 94.8 Å². The number of carboxylic acids is 1. The summed E-state index contributed by atoms with van der Waals surface area (Å²) >= 11 is 0. The first-order valence-electron chi connectivity index (χ1n) is 9.85. The first-order valence-corrected chi connectivity index (χ1v) is 9.85. The fourth-order valence-electron chi connectivity index (χ4n) is 2.99. The molecule has 3 rings (SSSR count). The summed E-state index contributed by atoms with van der Waals surface area (Å²) in [5.41, 5.74) is 0.958. The van der Waals surface area contributed by atoms with Crippen LogP contribution in [0.25, 0.3) is 0 Å². The van der Waals surface area contributed by atoms with Crippen LogP contribution in [0.4, 0.5) is 17.6 Å². The van der Waals surface area contributed by atoms with E-state index in [0.29, 0.717) is 5.56 Å². The Bertz CT molecular complexity index is 1140. The molecule has 3 aromatic rings. The van der Waals surface area contributed by atoms with Crippen LogP contribution in [0.1, 0.15) is 38.3 Å². The molecule has 33 heavy (non-hydrogen) atoms. The number of nitrogens with one attached hydrogen (secondary N) is 1. The number of amides is 1. The van der Waals surface area contributed by atoms with E-state index in [4.69, 9.17) is 9.84 Å². The molecule has 0 atom stereocenters. The lowest BCUT2D eigenvalue weighted by Crippen LogP contribution is -2.23. The minimum Gasteiger partial charge on any atom is -0.478 e. The Kier molecular flexibility index (Phi) is 7.32. The van der Waals surface area contributed by atoms with Gasteiger partial charge in [0.1, 0.15) is 5.75 Å². The number of hydrogen-bond donors (Lipinski definition) is 2. The monoisotopic (exact) mass is 461 g/mol. The summed E-state index contributed by atoms with van der Waals surface area (Å²) in [6.45, 7) is 0.0874. The third kappa shape index (κ3) is 6.80. The Balaban J connectivity index is 1.77. The maximum absolute atomic E-state index is 13.9. The Morgan fingerprint density at radius 1 is 0.909 bits per heavy atom. The molecule has 0 aliphatic carbocycles. The van der Waals surface area contributed by atoms with Crippen LogP contribution in [0.3, 0.4) is 0 Å². The van der Waals surface area contributed by atoms with Crippen molar-refractivity contribution in [1.82, 2.24) is 5.32 Å². The Morgan fingerprint density at radius 2 is 1.58 bits per heavy atom. The topological polar surface area (TPSA) is 75.6 Å². The quantitative estimate of drug-likeness (QED) is 0.420. The molecule has 2 N–H and O–H groups in total. The predicted molar refractivity (Wildman–Crippen MR) is 112 cm³/mol. The Hall–Kier alpha value is -3.88. The molecule has 0 aliphatic rings. The molecule has 0 heterocycles. The number of aromatic carboxylic acids is 1. The van der Waals surface area contributed by atoms with Crippen molar-refractivity contribution >= 4 is 11.9 Å². The van der Waals surface area contributed by atoms with Crippen molar-refractivity contribution < 1.29 is 37.0 Å². The van der Waals surface area contributed by atoms with Gasteiger partial charge < -0.3 is 15.2 Å². The number of rotatable bonds is 8. The molecule has 0 saturated heterocycles. The molecule has 0 radical (unpaired) electrons. The highest BCUT2D eigenvalue weighted by atomic mass is 19.4. The van der Waals surface area contributed by atoms with Crippen molar-refractivity contribution in [3.63, 3.8) is 0 Å². The van der Waals surface area contributed by atoms with E-state index in [1.54, 1.807) is 12.1 Å². The molecule has 5 nitrogen and oxygen atoms in total. The molecule has 0 saturated carbocycles. The van der Waals surface area contributed by atoms with Crippen molar-refractivity contribution in [2.24, 2.45) is 0 Å². The number of carbonyl (C=O) groups is 2.